The average molecular weight is 232 g/mol. The molecule has 15 heavy (non-hydrogen) atoms. The first kappa shape index (κ1) is 29.3. The second-order valence-electron chi connectivity index (χ2n) is 1.83. The summed E-state index contributed by atoms with van der Waals surface area (Å²) in [6.07, 6.45) is 0. The van der Waals surface area contributed by atoms with E-state index in [0.29, 0.717) is 0 Å². The van der Waals surface area contributed by atoms with E-state index in [2.05, 4.69) is 0 Å². The van der Waals surface area contributed by atoms with Crippen LogP contribution < -0.4 is 34.7 Å². The molecule has 0 aliphatic heterocycles. The van der Waals surface area contributed by atoms with Crippen molar-refractivity contribution in [3.63, 3.8) is 0 Å². The fourth-order valence-corrected chi connectivity index (χ4v) is 0.598. The molecule has 7 nitrogen and oxygen atoms in total. The number of rotatable bonds is 1. The van der Waals surface area contributed by atoms with Gasteiger partial charge in [0.05, 0.1) is 5.97 Å². The van der Waals surface area contributed by atoms with Gasteiger partial charge in [-0.25, -0.2) is 0 Å². The minimum Gasteiger partial charge on any atom is -0.545 e. The fraction of sp³-hybridized carbons (Fsp3) is 0. The van der Waals surface area contributed by atoms with Crippen molar-refractivity contribution in [3.05, 3.63) is 29.8 Å². The van der Waals surface area contributed by atoms with Gasteiger partial charge in [-0.1, -0.05) is 0 Å². The van der Waals surface area contributed by atoms with Crippen LogP contribution in [0.4, 0.5) is 0 Å². The minimum absolute atomic E-state index is 0. The molecule has 0 fully saturated rings. The Bertz CT molecular complexity index is 248. The molecule has 0 amide bonds. The summed E-state index contributed by atoms with van der Waals surface area (Å²) in [5.41, 5.74) is 0.0674. The number of aromatic carboxylic acids is 1. The molecule has 9 N–H and O–H groups in total. The van der Waals surface area contributed by atoms with Gasteiger partial charge in [0, 0.05) is 0 Å². The third-order valence-electron chi connectivity index (χ3n) is 1.10. The van der Waals surface area contributed by atoms with Gasteiger partial charge in [-0.15, -0.1) is 0 Å². The Labute approximate surface area is 108 Å². The first-order valence-corrected chi connectivity index (χ1v) is 2.70. The van der Waals surface area contributed by atoms with E-state index in [1.165, 1.54) is 24.3 Å². The Kier molecular flexibility index (Phi) is 26.0. The molecule has 0 atom stereocenters. The first-order valence-electron chi connectivity index (χ1n) is 2.70. The second-order valence-corrected chi connectivity index (χ2v) is 1.83. The van der Waals surface area contributed by atoms with Gasteiger partial charge < -0.3 is 36.9 Å². The SMILES string of the molecule is O.O.O.O.O=C([O-])c1ccc(O)cc1.[Na+]. The molecule has 1 aromatic rings. The quantitative estimate of drug-likeness (QED) is 0.472. The molecule has 0 aromatic heterocycles. The van der Waals surface area contributed by atoms with Gasteiger partial charge in [-0.05, 0) is 29.8 Å². The van der Waals surface area contributed by atoms with Crippen LogP contribution in [0.15, 0.2) is 24.3 Å². The molecule has 84 valence electrons. The van der Waals surface area contributed by atoms with Crippen molar-refractivity contribution in [1.29, 1.82) is 0 Å². The Balaban J connectivity index is -0.0000000667. The molecule has 8 heteroatoms. The Morgan fingerprint density at radius 3 is 1.60 bits per heavy atom. The Hall–Kier alpha value is -0.670. The van der Waals surface area contributed by atoms with E-state index in [1.807, 2.05) is 0 Å². The molecule has 0 heterocycles. The number of carbonyl (C=O) groups is 1. The predicted molar refractivity (Wildman–Crippen MR) is 46.9 cm³/mol. The van der Waals surface area contributed by atoms with Gasteiger partial charge in [0.1, 0.15) is 5.75 Å². The summed E-state index contributed by atoms with van der Waals surface area (Å²) in [4.78, 5) is 10.1. The zero-order chi connectivity index (χ0) is 7.56. The molecule has 1 rings (SSSR count). The summed E-state index contributed by atoms with van der Waals surface area (Å²) in [6.45, 7) is 0. The van der Waals surface area contributed by atoms with Crippen molar-refractivity contribution in [2.75, 3.05) is 0 Å². The molecular formula is C7H13NaO7. The van der Waals surface area contributed by atoms with E-state index in [1.54, 1.807) is 0 Å². The van der Waals surface area contributed by atoms with Gasteiger partial charge in [-0.2, -0.15) is 0 Å². The summed E-state index contributed by atoms with van der Waals surface area (Å²) >= 11 is 0. The summed E-state index contributed by atoms with van der Waals surface area (Å²) in [6, 6.07) is 5.16. The number of aromatic hydroxyl groups is 1. The monoisotopic (exact) mass is 232 g/mol. The van der Waals surface area contributed by atoms with Gasteiger partial charge in [-0.3, -0.25) is 0 Å². The maximum Gasteiger partial charge on any atom is 1.00 e. The molecule has 1 aromatic carbocycles. The van der Waals surface area contributed by atoms with Crippen LogP contribution in [0.3, 0.4) is 0 Å². The van der Waals surface area contributed by atoms with Crippen molar-refractivity contribution in [1.82, 2.24) is 0 Å². The molecule has 0 unspecified atom stereocenters. The molecule has 0 saturated heterocycles. The number of phenolic OH excluding ortho intramolecular Hbond substituents is 1. The Morgan fingerprint density at radius 2 is 1.33 bits per heavy atom. The van der Waals surface area contributed by atoms with E-state index in [9.17, 15) is 9.90 Å². The standard InChI is InChI=1S/C7H6O3.Na.4H2O/c8-6-3-1-5(2-4-6)7(9)10;;;;;/h1-4,8H,(H,9,10);;4*1H2/q;+1;;;;/p-1. The molecule has 0 saturated carbocycles. The van der Waals surface area contributed by atoms with Crippen LogP contribution in [-0.4, -0.2) is 33.0 Å². The molecule has 0 radical (unpaired) electrons. The van der Waals surface area contributed by atoms with Crippen molar-refractivity contribution in [2.24, 2.45) is 0 Å². The summed E-state index contributed by atoms with van der Waals surface area (Å²) in [7, 11) is 0. The molecule has 0 spiro atoms. The van der Waals surface area contributed by atoms with Crippen molar-refractivity contribution < 1.29 is 66.5 Å². The normalized spacial score (nSPS) is 6.13. The number of carboxylic acids is 1. The number of carbonyl (C=O) groups excluding carboxylic acids is 1. The number of phenols is 1. The summed E-state index contributed by atoms with van der Waals surface area (Å²) in [5.74, 6) is -1.19. The topological polar surface area (TPSA) is 186 Å². The summed E-state index contributed by atoms with van der Waals surface area (Å²) in [5, 5.41) is 18.8. The van der Waals surface area contributed by atoms with E-state index in [-0.39, 0.29) is 62.8 Å². The molecule has 0 bridgehead atoms. The van der Waals surface area contributed by atoms with E-state index in [4.69, 9.17) is 5.11 Å². The maximum atomic E-state index is 10.1. The largest absolute Gasteiger partial charge is 1.00 e. The van der Waals surface area contributed by atoms with Crippen LogP contribution in [0.2, 0.25) is 0 Å². The molecule has 0 aliphatic rings. The second kappa shape index (κ2) is 13.3. The van der Waals surface area contributed by atoms with Crippen LogP contribution in [0, 0.1) is 0 Å². The zero-order valence-corrected chi connectivity index (χ0v) is 10.1. The van der Waals surface area contributed by atoms with Crippen LogP contribution >= 0.6 is 0 Å². The third kappa shape index (κ3) is 9.63. The van der Waals surface area contributed by atoms with Gasteiger partial charge >= 0.3 is 29.6 Å². The fourth-order valence-electron chi connectivity index (χ4n) is 0.598. The van der Waals surface area contributed by atoms with Crippen LogP contribution in [0.5, 0.6) is 5.75 Å². The van der Waals surface area contributed by atoms with Crippen molar-refractivity contribution >= 4 is 5.97 Å². The smallest absolute Gasteiger partial charge is 0.545 e. The number of benzene rings is 1. The summed E-state index contributed by atoms with van der Waals surface area (Å²) < 4.78 is 0. The van der Waals surface area contributed by atoms with E-state index in [0.717, 1.165) is 0 Å². The van der Waals surface area contributed by atoms with Crippen LogP contribution in [0.1, 0.15) is 10.4 Å². The van der Waals surface area contributed by atoms with Gasteiger partial charge in [0.2, 0.25) is 0 Å². The van der Waals surface area contributed by atoms with Crippen LogP contribution in [0.25, 0.3) is 0 Å². The minimum atomic E-state index is -1.24. The zero-order valence-electron chi connectivity index (χ0n) is 8.07. The van der Waals surface area contributed by atoms with Crippen molar-refractivity contribution in [3.8, 4) is 5.75 Å². The molecular weight excluding hydrogens is 219 g/mol. The number of hydrogen-bond donors (Lipinski definition) is 1. The first-order chi connectivity index (χ1) is 4.70. The van der Waals surface area contributed by atoms with Gasteiger partial charge in [0.15, 0.2) is 0 Å². The van der Waals surface area contributed by atoms with Crippen molar-refractivity contribution in [2.45, 2.75) is 0 Å². The average Bonchev–Trinajstić information content (AvgIpc) is 1.88. The van der Waals surface area contributed by atoms with E-state index >= 15 is 0 Å². The van der Waals surface area contributed by atoms with Gasteiger partial charge in [0.25, 0.3) is 0 Å². The number of hydrogen-bond acceptors (Lipinski definition) is 3. The van der Waals surface area contributed by atoms with Crippen LogP contribution in [-0.2, 0) is 0 Å². The predicted octanol–water partition coefficient (Wildman–Crippen LogP) is -6.54. The molecule has 0 aliphatic carbocycles. The maximum absolute atomic E-state index is 10.1. The third-order valence-corrected chi connectivity index (χ3v) is 1.10. The van der Waals surface area contributed by atoms with E-state index < -0.39 is 5.97 Å². The number of carboxylic acid groups (broad SMARTS) is 1. The Morgan fingerprint density at radius 1 is 1.00 bits per heavy atom.